The Morgan fingerprint density at radius 3 is 2.91 bits per heavy atom. The molecule has 22 heavy (non-hydrogen) atoms. The Labute approximate surface area is 128 Å². The van der Waals surface area contributed by atoms with Crippen molar-refractivity contribution in [2.75, 3.05) is 13.7 Å². The van der Waals surface area contributed by atoms with Gasteiger partial charge in [0.05, 0.1) is 19.3 Å². The van der Waals surface area contributed by atoms with E-state index >= 15 is 0 Å². The molecule has 6 heteroatoms. The first-order chi connectivity index (χ1) is 10.6. The zero-order chi connectivity index (χ0) is 15.7. The lowest BCUT2D eigenvalue weighted by Crippen LogP contribution is -2.33. The molecule has 0 unspecified atom stereocenters. The van der Waals surface area contributed by atoms with Gasteiger partial charge in [-0.15, -0.1) is 0 Å². The molecule has 2 atom stereocenters. The highest BCUT2D eigenvalue weighted by Crippen LogP contribution is 2.34. The van der Waals surface area contributed by atoms with Crippen LogP contribution in [0.25, 0.3) is 0 Å². The summed E-state index contributed by atoms with van der Waals surface area (Å²) in [6, 6.07) is 9.15. The molecule has 116 valence electrons. The molecule has 0 aliphatic carbocycles. The van der Waals surface area contributed by atoms with Crippen molar-refractivity contribution in [3.8, 4) is 5.75 Å². The Kier molecular flexibility index (Phi) is 3.85. The minimum Gasteiger partial charge on any atom is -0.497 e. The molecule has 0 bridgehead atoms. The normalized spacial score (nSPS) is 21.1. The van der Waals surface area contributed by atoms with E-state index in [1.165, 1.54) is 0 Å². The highest BCUT2D eigenvalue weighted by molar-refractivity contribution is 5.93. The van der Waals surface area contributed by atoms with Gasteiger partial charge >= 0.3 is 0 Å². The maximum absolute atomic E-state index is 12.7. The molecular formula is C16H19N3O3. The van der Waals surface area contributed by atoms with Gasteiger partial charge in [0, 0.05) is 19.8 Å². The van der Waals surface area contributed by atoms with Gasteiger partial charge in [0.25, 0.3) is 5.91 Å². The second-order valence-corrected chi connectivity index (χ2v) is 5.48. The van der Waals surface area contributed by atoms with E-state index in [1.54, 1.807) is 36.0 Å². The number of rotatable bonds is 3. The van der Waals surface area contributed by atoms with Crippen molar-refractivity contribution in [2.45, 2.75) is 18.6 Å². The number of aromatic nitrogens is 2. The summed E-state index contributed by atoms with van der Waals surface area (Å²) >= 11 is 0. The minimum atomic E-state index is -0.520. The number of aliphatic hydroxyl groups is 1. The van der Waals surface area contributed by atoms with Crippen LogP contribution >= 0.6 is 0 Å². The first-order valence-electron chi connectivity index (χ1n) is 7.21. The highest BCUT2D eigenvalue weighted by atomic mass is 16.5. The van der Waals surface area contributed by atoms with Crippen LogP contribution in [0.2, 0.25) is 0 Å². The van der Waals surface area contributed by atoms with E-state index in [4.69, 9.17) is 4.74 Å². The van der Waals surface area contributed by atoms with E-state index in [1.807, 2.05) is 24.3 Å². The number of nitrogens with zero attached hydrogens (tertiary/aromatic N) is 3. The lowest BCUT2D eigenvalue weighted by Gasteiger charge is -2.25. The number of carbonyl (C=O) groups is 1. The summed E-state index contributed by atoms with van der Waals surface area (Å²) in [5.74, 6) is 0.621. The molecule has 2 heterocycles. The number of amides is 1. The van der Waals surface area contributed by atoms with Gasteiger partial charge in [0.15, 0.2) is 0 Å². The molecule has 1 aliphatic heterocycles. The molecule has 1 aliphatic rings. The van der Waals surface area contributed by atoms with Crippen LogP contribution in [0.3, 0.4) is 0 Å². The number of hydrogen-bond acceptors (Lipinski definition) is 4. The molecule has 3 rings (SSSR count). The lowest BCUT2D eigenvalue weighted by atomic mass is 10.0. The molecule has 0 saturated carbocycles. The molecule has 1 aromatic heterocycles. The van der Waals surface area contributed by atoms with Crippen LogP contribution in [0.15, 0.2) is 36.5 Å². The number of ether oxygens (including phenoxy) is 1. The summed E-state index contributed by atoms with van der Waals surface area (Å²) < 4.78 is 6.80. The second kappa shape index (κ2) is 5.81. The number of carbonyl (C=O) groups excluding carboxylic acids is 1. The number of benzene rings is 1. The molecule has 1 amide bonds. The molecule has 1 fully saturated rings. The van der Waals surface area contributed by atoms with Gasteiger partial charge in [0.1, 0.15) is 11.4 Å². The van der Waals surface area contributed by atoms with Crippen molar-refractivity contribution in [1.29, 1.82) is 0 Å². The van der Waals surface area contributed by atoms with Gasteiger partial charge in [-0.25, -0.2) is 0 Å². The summed E-state index contributed by atoms with van der Waals surface area (Å²) in [6.45, 7) is 0.325. The van der Waals surface area contributed by atoms with Crippen LogP contribution in [-0.2, 0) is 7.05 Å². The van der Waals surface area contributed by atoms with Crippen molar-refractivity contribution in [2.24, 2.45) is 7.05 Å². The van der Waals surface area contributed by atoms with E-state index in [9.17, 15) is 9.90 Å². The van der Waals surface area contributed by atoms with E-state index in [-0.39, 0.29) is 11.9 Å². The van der Waals surface area contributed by atoms with Crippen molar-refractivity contribution >= 4 is 5.91 Å². The summed E-state index contributed by atoms with van der Waals surface area (Å²) in [5.41, 5.74) is 1.48. The van der Waals surface area contributed by atoms with Gasteiger partial charge in [-0.3, -0.25) is 9.48 Å². The fourth-order valence-corrected chi connectivity index (χ4v) is 2.93. The quantitative estimate of drug-likeness (QED) is 0.930. The molecule has 1 N–H and O–H groups in total. The fraction of sp³-hybridized carbons (Fsp3) is 0.375. The SMILES string of the molecule is COc1cccc([C@H]2C[C@@H](O)CN2C(=O)c2ccnn2C)c1. The lowest BCUT2D eigenvalue weighted by molar-refractivity contribution is 0.0704. The maximum atomic E-state index is 12.7. The van der Waals surface area contributed by atoms with E-state index < -0.39 is 6.10 Å². The van der Waals surface area contributed by atoms with Crippen LogP contribution < -0.4 is 4.74 Å². The van der Waals surface area contributed by atoms with Crippen LogP contribution in [0, 0.1) is 0 Å². The number of aryl methyl sites for hydroxylation is 1. The largest absolute Gasteiger partial charge is 0.497 e. The van der Waals surface area contributed by atoms with Crippen LogP contribution in [0.1, 0.15) is 28.5 Å². The first-order valence-corrected chi connectivity index (χ1v) is 7.21. The molecule has 0 spiro atoms. The summed E-state index contributed by atoms with van der Waals surface area (Å²) in [7, 11) is 3.35. The smallest absolute Gasteiger partial charge is 0.272 e. The Morgan fingerprint density at radius 1 is 1.41 bits per heavy atom. The Hall–Kier alpha value is -2.34. The summed E-state index contributed by atoms with van der Waals surface area (Å²) in [6.07, 6.45) is 1.60. The zero-order valence-corrected chi connectivity index (χ0v) is 12.6. The van der Waals surface area contributed by atoms with E-state index in [0.29, 0.717) is 18.7 Å². The second-order valence-electron chi connectivity index (χ2n) is 5.48. The Bertz CT molecular complexity index is 683. The van der Waals surface area contributed by atoms with Crippen molar-refractivity contribution in [3.05, 3.63) is 47.8 Å². The Balaban J connectivity index is 1.92. The minimum absolute atomic E-state index is 0.121. The number of methoxy groups -OCH3 is 1. The third-order valence-electron chi connectivity index (χ3n) is 4.06. The third-order valence-corrected chi connectivity index (χ3v) is 4.06. The maximum Gasteiger partial charge on any atom is 0.272 e. The van der Waals surface area contributed by atoms with Crippen LogP contribution in [0.4, 0.5) is 0 Å². The van der Waals surface area contributed by atoms with Gasteiger partial charge in [-0.1, -0.05) is 12.1 Å². The molecule has 1 saturated heterocycles. The van der Waals surface area contributed by atoms with Crippen molar-refractivity contribution in [1.82, 2.24) is 14.7 Å². The number of aliphatic hydroxyl groups excluding tert-OH is 1. The molecule has 0 radical (unpaired) electrons. The molecule has 6 nitrogen and oxygen atoms in total. The topological polar surface area (TPSA) is 67.6 Å². The monoisotopic (exact) mass is 301 g/mol. The van der Waals surface area contributed by atoms with E-state index in [0.717, 1.165) is 11.3 Å². The number of β-amino-alcohol motifs (C(OH)–C–C–N with tert-alkyl or cyclic N) is 1. The van der Waals surface area contributed by atoms with Crippen LogP contribution in [0.5, 0.6) is 5.75 Å². The van der Waals surface area contributed by atoms with E-state index in [2.05, 4.69) is 5.10 Å². The fourth-order valence-electron chi connectivity index (χ4n) is 2.93. The standard InChI is InChI=1S/C16H19N3O3/c1-18-14(6-7-17-18)16(21)19-10-12(20)9-15(19)11-4-3-5-13(8-11)22-2/h3-8,12,15,20H,9-10H2,1-2H3/t12-,15-/m1/s1. The number of hydrogen-bond donors (Lipinski definition) is 1. The average molecular weight is 301 g/mol. The highest BCUT2D eigenvalue weighted by Gasteiger charge is 2.36. The van der Waals surface area contributed by atoms with Gasteiger partial charge in [-0.05, 0) is 30.2 Å². The first kappa shape index (κ1) is 14.6. The molecule has 2 aromatic rings. The van der Waals surface area contributed by atoms with Gasteiger partial charge in [-0.2, -0.15) is 5.10 Å². The molecule has 1 aromatic carbocycles. The van der Waals surface area contributed by atoms with Crippen molar-refractivity contribution in [3.63, 3.8) is 0 Å². The molecular weight excluding hydrogens is 282 g/mol. The summed E-state index contributed by atoms with van der Waals surface area (Å²) in [5, 5.41) is 14.1. The average Bonchev–Trinajstić information content (AvgIpc) is 3.12. The predicted octanol–water partition coefficient (Wildman–Crippen LogP) is 1.38. The summed E-state index contributed by atoms with van der Waals surface area (Å²) in [4.78, 5) is 14.4. The Morgan fingerprint density at radius 2 is 2.23 bits per heavy atom. The van der Waals surface area contributed by atoms with Gasteiger partial charge in [0.2, 0.25) is 0 Å². The predicted molar refractivity (Wildman–Crippen MR) is 80.6 cm³/mol. The number of likely N-dealkylation sites (tertiary alicyclic amines) is 1. The van der Waals surface area contributed by atoms with Crippen molar-refractivity contribution < 1.29 is 14.6 Å². The van der Waals surface area contributed by atoms with Crippen LogP contribution in [-0.4, -0.2) is 45.5 Å². The van der Waals surface area contributed by atoms with Gasteiger partial charge < -0.3 is 14.7 Å². The third kappa shape index (κ3) is 2.57. The zero-order valence-electron chi connectivity index (χ0n) is 12.6.